The van der Waals surface area contributed by atoms with E-state index >= 15 is 0 Å². The first-order valence-corrected chi connectivity index (χ1v) is 7.90. The lowest BCUT2D eigenvalue weighted by molar-refractivity contribution is -0.165. The minimum absolute atomic E-state index is 0.154. The maximum Gasteiger partial charge on any atom is 0.323 e. The molecule has 0 radical (unpaired) electrons. The van der Waals surface area contributed by atoms with Gasteiger partial charge in [-0.2, -0.15) is 0 Å². The summed E-state index contributed by atoms with van der Waals surface area (Å²) in [5.74, 6) is 0.161. The van der Waals surface area contributed by atoms with Gasteiger partial charge in [-0.05, 0) is 47.0 Å². The van der Waals surface area contributed by atoms with Crippen molar-refractivity contribution in [2.45, 2.75) is 77.0 Å². The smallest absolute Gasteiger partial charge is 0.323 e. The number of aliphatic hydroxyl groups is 1. The van der Waals surface area contributed by atoms with Gasteiger partial charge in [0.2, 0.25) is 0 Å². The molecule has 1 heterocycles. The third kappa shape index (κ3) is 3.53. The number of hydrogen-bond donors (Lipinski definition) is 1. The van der Waals surface area contributed by atoms with Crippen molar-refractivity contribution in [2.24, 2.45) is 5.92 Å². The second kappa shape index (κ2) is 5.64. The van der Waals surface area contributed by atoms with Gasteiger partial charge in [0.05, 0.1) is 5.60 Å². The van der Waals surface area contributed by atoms with Crippen molar-refractivity contribution in [3.8, 4) is 0 Å². The standard InChI is InChI=1S/C16H29NO3/c1-12(14(18)20-15(2,3)4)17-10-9-16(19)8-6-5-7-13(16)11-17/h12-13,19H,5-11H2,1-4H3. The van der Waals surface area contributed by atoms with Gasteiger partial charge in [-0.25, -0.2) is 0 Å². The van der Waals surface area contributed by atoms with E-state index in [9.17, 15) is 9.90 Å². The number of likely N-dealkylation sites (tertiary alicyclic amines) is 1. The molecule has 1 aliphatic heterocycles. The molecule has 0 bridgehead atoms. The van der Waals surface area contributed by atoms with Crippen LogP contribution in [0.1, 0.15) is 59.8 Å². The number of fused-ring (bicyclic) bond motifs is 1. The predicted molar refractivity (Wildman–Crippen MR) is 78.4 cm³/mol. The van der Waals surface area contributed by atoms with Gasteiger partial charge < -0.3 is 9.84 Å². The summed E-state index contributed by atoms with van der Waals surface area (Å²) < 4.78 is 5.47. The first-order chi connectivity index (χ1) is 9.21. The Bertz CT molecular complexity index is 363. The Kier molecular flexibility index (Phi) is 4.45. The van der Waals surface area contributed by atoms with Crippen molar-refractivity contribution >= 4 is 5.97 Å². The lowest BCUT2D eigenvalue weighted by Crippen LogP contribution is -2.56. The van der Waals surface area contributed by atoms with Crippen molar-refractivity contribution in [1.82, 2.24) is 4.90 Å². The van der Waals surface area contributed by atoms with Gasteiger partial charge in [0.25, 0.3) is 0 Å². The van der Waals surface area contributed by atoms with Crippen molar-refractivity contribution in [3.63, 3.8) is 0 Å². The SMILES string of the molecule is CC(C(=O)OC(C)(C)C)N1CCC2(O)CCCCC2C1. The molecule has 0 aromatic carbocycles. The lowest BCUT2D eigenvalue weighted by atomic mass is 9.71. The van der Waals surface area contributed by atoms with Crippen LogP contribution in [0.2, 0.25) is 0 Å². The Labute approximate surface area is 122 Å². The van der Waals surface area contributed by atoms with Gasteiger partial charge in [-0.1, -0.05) is 12.8 Å². The lowest BCUT2D eigenvalue weighted by Gasteiger charge is -2.48. The van der Waals surface area contributed by atoms with Gasteiger partial charge in [-0.15, -0.1) is 0 Å². The molecule has 0 aromatic rings. The third-order valence-corrected chi connectivity index (χ3v) is 4.75. The first-order valence-electron chi connectivity index (χ1n) is 7.90. The minimum atomic E-state index is -0.484. The molecule has 4 nitrogen and oxygen atoms in total. The van der Waals surface area contributed by atoms with Crippen LogP contribution in [-0.2, 0) is 9.53 Å². The number of carbonyl (C=O) groups is 1. The third-order valence-electron chi connectivity index (χ3n) is 4.75. The molecule has 3 unspecified atom stereocenters. The highest BCUT2D eigenvalue weighted by molar-refractivity contribution is 5.75. The second-order valence-electron chi connectivity index (χ2n) is 7.50. The molecule has 1 aliphatic carbocycles. The van der Waals surface area contributed by atoms with Crippen LogP contribution >= 0.6 is 0 Å². The van der Waals surface area contributed by atoms with Crippen LogP contribution in [0.3, 0.4) is 0 Å². The average molecular weight is 283 g/mol. The summed E-state index contributed by atoms with van der Waals surface area (Å²) in [5, 5.41) is 10.7. The molecule has 20 heavy (non-hydrogen) atoms. The van der Waals surface area contributed by atoms with E-state index in [2.05, 4.69) is 4.90 Å². The zero-order valence-electron chi connectivity index (χ0n) is 13.3. The Balaban J connectivity index is 1.95. The van der Waals surface area contributed by atoms with Crippen molar-refractivity contribution in [1.29, 1.82) is 0 Å². The van der Waals surface area contributed by atoms with Crippen LogP contribution in [-0.4, -0.2) is 46.3 Å². The Hall–Kier alpha value is -0.610. The second-order valence-corrected chi connectivity index (χ2v) is 7.50. The maximum absolute atomic E-state index is 12.2. The molecule has 3 atom stereocenters. The van der Waals surface area contributed by atoms with Crippen molar-refractivity contribution in [3.05, 3.63) is 0 Å². The van der Waals surface area contributed by atoms with Crippen LogP contribution in [0.5, 0.6) is 0 Å². The monoisotopic (exact) mass is 283 g/mol. The normalized spacial score (nSPS) is 33.4. The fourth-order valence-corrected chi connectivity index (χ4v) is 3.48. The van der Waals surface area contributed by atoms with Crippen LogP contribution < -0.4 is 0 Å². The van der Waals surface area contributed by atoms with Crippen molar-refractivity contribution in [2.75, 3.05) is 13.1 Å². The summed E-state index contributed by atoms with van der Waals surface area (Å²) in [5.41, 5.74) is -0.922. The fourth-order valence-electron chi connectivity index (χ4n) is 3.48. The molecule has 1 N–H and O–H groups in total. The molecular weight excluding hydrogens is 254 g/mol. The number of rotatable bonds is 2. The van der Waals surface area contributed by atoms with E-state index < -0.39 is 11.2 Å². The number of hydrogen-bond acceptors (Lipinski definition) is 4. The zero-order chi connectivity index (χ0) is 15.0. The van der Waals surface area contributed by atoms with Crippen LogP contribution in [0.25, 0.3) is 0 Å². The Morgan fingerprint density at radius 3 is 2.70 bits per heavy atom. The van der Waals surface area contributed by atoms with E-state index in [1.807, 2.05) is 27.7 Å². The highest BCUT2D eigenvalue weighted by Gasteiger charge is 2.44. The minimum Gasteiger partial charge on any atom is -0.459 e. The molecule has 116 valence electrons. The van der Waals surface area contributed by atoms with E-state index in [-0.39, 0.29) is 12.0 Å². The number of nitrogens with zero attached hydrogens (tertiary/aromatic N) is 1. The number of esters is 1. The zero-order valence-corrected chi connectivity index (χ0v) is 13.3. The molecule has 1 saturated carbocycles. The van der Waals surface area contributed by atoms with E-state index in [1.54, 1.807) is 0 Å². The summed E-state index contributed by atoms with van der Waals surface area (Å²) in [7, 11) is 0. The van der Waals surface area contributed by atoms with Gasteiger partial charge in [0.1, 0.15) is 11.6 Å². The van der Waals surface area contributed by atoms with E-state index in [4.69, 9.17) is 4.74 Å². The van der Waals surface area contributed by atoms with Crippen LogP contribution in [0.4, 0.5) is 0 Å². The average Bonchev–Trinajstić information content (AvgIpc) is 2.34. The number of carbonyl (C=O) groups excluding carboxylic acids is 1. The summed E-state index contributed by atoms with van der Waals surface area (Å²) >= 11 is 0. The largest absolute Gasteiger partial charge is 0.459 e. The molecule has 0 aromatic heterocycles. The number of piperidine rings is 1. The highest BCUT2D eigenvalue weighted by Crippen LogP contribution is 2.40. The molecule has 2 rings (SSSR count). The summed E-state index contributed by atoms with van der Waals surface area (Å²) in [6, 6.07) is -0.222. The first kappa shape index (κ1) is 15.8. The van der Waals surface area contributed by atoms with Gasteiger partial charge in [0, 0.05) is 19.0 Å². The summed E-state index contributed by atoms with van der Waals surface area (Å²) in [6.07, 6.45) is 5.11. The molecule has 2 fully saturated rings. The maximum atomic E-state index is 12.2. The van der Waals surface area contributed by atoms with Crippen molar-refractivity contribution < 1.29 is 14.6 Å². The van der Waals surface area contributed by atoms with Gasteiger partial charge >= 0.3 is 5.97 Å². The molecule has 4 heteroatoms. The van der Waals surface area contributed by atoms with Gasteiger partial charge in [0.15, 0.2) is 0 Å². The Morgan fingerprint density at radius 2 is 2.05 bits per heavy atom. The topological polar surface area (TPSA) is 49.8 Å². The number of ether oxygens (including phenoxy) is 1. The molecular formula is C16H29NO3. The molecule has 2 aliphatic rings. The van der Waals surface area contributed by atoms with Crippen LogP contribution in [0, 0.1) is 5.92 Å². The highest BCUT2D eigenvalue weighted by atomic mass is 16.6. The predicted octanol–water partition coefficient (Wildman–Crippen LogP) is 2.34. The van der Waals surface area contributed by atoms with E-state index in [0.717, 1.165) is 38.8 Å². The quantitative estimate of drug-likeness (QED) is 0.790. The van der Waals surface area contributed by atoms with Crippen LogP contribution in [0.15, 0.2) is 0 Å². The molecule has 1 saturated heterocycles. The van der Waals surface area contributed by atoms with E-state index in [1.165, 1.54) is 6.42 Å². The summed E-state index contributed by atoms with van der Waals surface area (Å²) in [6.45, 7) is 9.21. The van der Waals surface area contributed by atoms with Gasteiger partial charge in [-0.3, -0.25) is 9.69 Å². The fraction of sp³-hybridized carbons (Fsp3) is 0.938. The molecule has 0 amide bonds. The van der Waals surface area contributed by atoms with E-state index in [0.29, 0.717) is 5.92 Å². The Morgan fingerprint density at radius 1 is 1.35 bits per heavy atom. The molecule has 0 spiro atoms. The summed E-state index contributed by atoms with van der Waals surface area (Å²) in [4.78, 5) is 14.4.